The molecule has 150 valence electrons. The molecule has 1 fully saturated rings. The van der Waals surface area contributed by atoms with Gasteiger partial charge < -0.3 is 15.2 Å². The number of nitrogens with zero attached hydrogens (tertiary/aromatic N) is 2. The largest absolute Gasteiger partial charge is 0.494 e. The van der Waals surface area contributed by atoms with Crippen LogP contribution in [-0.4, -0.2) is 72.7 Å². The first-order chi connectivity index (χ1) is 13.0. The highest BCUT2D eigenvalue weighted by atomic mass is 16.5. The molecular weight excluding hydrogens is 346 g/mol. The molecule has 7 nitrogen and oxygen atoms in total. The Morgan fingerprint density at radius 2 is 2.07 bits per heavy atom. The predicted molar refractivity (Wildman–Crippen MR) is 104 cm³/mol. The number of carboxylic acid groups (broad SMARTS) is 1. The summed E-state index contributed by atoms with van der Waals surface area (Å²) in [5.41, 5.74) is 1.02. The number of carbonyl (C=O) groups is 2. The molecule has 0 bridgehead atoms. The molecule has 0 saturated carbocycles. The molecule has 0 radical (unpaired) electrons. The van der Waals surface area contributed by atoms with Crippen LogP contribution in [0.1, 0.15) is 31.7 Å². The molecule has 1 aliphatic heterocycles. The molecule has 0 aliphatic carbocycles. The lowest BCUT2D eigenvalue weighted by atomic mass is 10.0. The van der Waals surface area contributed by atoms with Gasteiger partial charge in [0.2, 0.25) is 5.91 Å². The van der Waals surface area contributed by atoms with Gasteiger partial charge in [0, 0.05) is 25.7 Å². The number of amides is 1. The molecule has 0 unspecified atom stereocenters. The number of likely N-dealkylation sites (tertiary alicyclic amines) is 1. The number of rotatable bonds is 10. The second kappa shape index (κ2) is 10.9. The van der Waals surface area contributed by atoms with Gasteiger partial charge in [0.25, 0.3) is 0 Å². The SMILES string of the molecule is CCCOc1cccc(CNC(=O)CN2CCC(N(C)CC(=O)O)CC2)c1. The fraction of sp³-hybridized carbons (Fsp3) is 0.600. The molecule has 1 aromatic carbocycles. The summed E-state index contributed by atoms with van der Waals surface area (Å²) in [5.74, 6) is 0.0341. The van der Waals surface area contributed by atoms with Crippen molar-refractivity contribution in [3.8, 4) is 5.75 Å². The number of carbonyl (C=O) groups excluding carboxylic acids is 1. The van der Waals surface area contributed by atoms with Gasteiger partial charge in [0.05, 0.1) is 19.7 Å². The Balaban J connectivity index is 1.70. The van der Waals surface area contributed by atoms with Crippen LogP contribution in [0.5, 0.6) is 5.75 Å². The number of aliphatic carboxylic acids is 1. The van der Waals surface area contributed by atoms with Crippen molar-refractivity contribution in [3.05, 3.63) is 29.8 Å². The molecular formula is C20H31N3O4. The molecule has 2 rings (SSSR count). The van der Waals surface area contributed by atoms with Crippen LogP contribution in [-0.2, 0) is 16.1 Å². The molecule has 7 heteroatoms. The first kappa shape index (κ1) is 21.2. The summed E-state index contributed by atoms with van der Waals surface area (Å²) >= 11 is 0. The quantitative estimate of drug-likeness (QED) is 0.644. The maximum absolute atomic E-state index is 12.2. The van der Waals surface area contributed by atoms with E-state index in [1.165, 1.54) is 0 Å². The third kappa shape index (κ3) is 7.56. The van der Waals surface area contributed by atoms with Gasteiger partial charge in [-0.25, -0.2) is 0 Å². The van der Waals surface area contributed by atoms with E-state index in [-0.39, 0.29) is 18.5 Å². The Labute approximate surface area is 161 Å². The van der Waals surface area contributed by atoms with Crippen LogP contribution in [0, 0.1) is 0 Å². The molecule has 1 aliphatic rings. The Kier molecular flexibility index (Phi) is 8.54. The lowest BCUT2D eigenvalue weighted by Gasteiger charge is -2.35. The van der Waals surface area contributed by atoms with Crippen LogP contribution in [0.3, 0.4) is 0 Å². The molecule has 0 spiro atoms. The van der Waals surface area contributed by atoms with Crippen molar-refractivity contribution in [2.45, 2.75) is 38.8 Å². The smallest absolute Gasteiger partial charge is 0.317 e. The van der Waals surface area contributed by atoms with Gasteiger partial charge in [-0.05, 0) is 44.0 Å². The van der Waals surface area contributed by atoms with E-state index in [2.05, 4.69) is 17.1 Å². The average molecular weight is 377 g/mol. The van der Waals surface area contributed by atoms with E-state index < -0.39 is 5.97 Å². The zero-order chi connectivity index (χ0) is 19.6. The standard InChI is InChI=1S/C20H31N3O4/c1-3-11-27-18-6-4-5-16(12-18)13-21-19(24)14-23-9-7-17(8-10-23)22(2)15-20(25)26/h4-6,12,17H,3,7-11,13-15H2,1-2H3,(H,21,24)(H,25,26). The zero-order valence-electron chi connectivity index (χ0n) is 16.3. The lowest BCUT2D eigenvalue weighted by Crippen LogP contribution is -2.47. The topological polar surface area (TPSA) is 82.1 Å². The number of hydrogen-bond donors (Lipinski definition) is 2. The van der Waals surface area contributed by atoms with Crippen LogP contribution >= 0.6 is 0 Å². The summed E-state index contributed by atoms with van der Waals surface area (Å²) in [6.07, 6.45) is 2.73. The third-order valence-corrected chi connectivity index (χ3v) is 4.79. The summed E-state index contributed by atoms with van der Waals surface area (Å²) in [5, 5.41) is 11.9. The molecule has 0 aromatic heterocycles. The van der Waals surface area contributed by atoms with Crippen molar-refractivity contribution in [3.63, 3.8) is 0 Å². The van der Waals surface area contributed by atoms with Gasteiger partial charge in [-0.15, -0.1) is 0 Å². The average Bonchev–Trinajstić information content (AvgIpc) is 2.65. The van der Waals surface area contributed by atoms with Crippen molar-refractivity contribution in [2.75, 3.05) is 39.8 Å². The second-order valence-electron chi connectivity index (χ2n) is 7.09. The van der Waals surface area contributed by atoms with E-state index in [1.807, 2.05) is 36.2 Å². The van der Waals surface area contributed by atoms with Crippen LogP contribution in [0.15, 0.2) is 24.3 Å². The van der Waals surface area contributed by atoms with Gasteiger partial charge in [0.15, 0.2) is 0 Å². The summed E-state index contributed by atoms with van der Waals surface area (Å²) in [4.78, 5) is 27.0. The second-order valence-corrected chi connectivity index (χ2v) is 7.09. The molecule has 1 amide bonds. The van der Waals surface area contributed by atoms with E-state index in [0.29, 0.717) is 19.7 Å². The predicted octanol–water partition coefficient (Wildman–Crippen LogP) is 1.57. The highest BCUT2D eigenvalue weighted by Crippen LogP contribution is 2.15. The summed E-state index contributed by atoms with van der Waals surface area (Å²) in [6, 6.07) is 8.06. The molecule has 1 aromatic rings. The van der Waals surface area contributed by atoms with E-state index in [1.54, 1.807) is 0 Å². The number of nitrogens with one attached hydrogen (secondary N) is 1. The number of benzene rings is 1. The monoisotopic (exact) mass is 377 g/mol. The fourth-order valence-electron chi connectivity index (χ4n) is 3.29. The Morgan fingerprint density at radius 3 is 2.74 bits per heavy atom. The van der Waals surface area contributed by atoms with E-state index >= 15 is 0 Å². The number of likely N-dealkylation sites (N-methyl/N-ethyl adjacent to an activating group) is 1. The van der Waals surface area contributed by atoms with E-state index in [4.69, 9.17) is 9.84 Å². The Morgan fingerprint density at radius 1 is 1.33 bits per heavy atom. The molecule has 0 atom stereocenters. The molecule has 1 saturated heterocycles. The maximum Gasteiger partial charge on any atom is 0.317 e. The number of piperidine rings is 1. The summed E-state index contributed by atoms with van der Waals surface area (Å²) < 4.78 is 5.62. The minimum atomic E-state index is -0.802. The van der Waals surface area contributed by atoms with Crippen LogP contribution in [0.25, 0.3) is 0 Å². The third-order valence-electron chi connectivity index (χ3n) is 4.79. The van der Waals surface area contributed by atoms with Crippen LogP contribution in [0.4, 0.5) is 0 Å². The van der Waals surface area contributed by atoms with Crippen molar-refractivity contribution >= 4 is 11.9 Å². The van der Waals surface area contributed by atoms with Crippen LogP contribution < -0.4 is 10.1 Å². The Bertz CT molecular complexity index is 615. The minimum Gasteiger partial charge on any atom is -0.494 e. The van der Waals surface area contributed by atoms with E-state index in [9.17, 15) is 9.59 Å². The van der Waals surface area contributed by atoms with E-state index in [0.717, 1.165) is 43.7 Å². The summed E-state index contributed by atoms with van der Waals surface area (Å²) in [6.45, 7) is 5.29. The number of hydrogen-bond acceptors (Lipinski definition) is 5. The highest BCUT2D eigenvalue weighted by Gasteiger charge is 2.24. The van der Waals surface area contributed by atoms with Crippen molar-refractivity contribution < 1.29 is 19.4 Å². The zero-order valence-corrected chi connectivity index (χ0v) is 16.3. The van der Waals surface area contributed by atoms with Crippen molar-refractivity contribution in [1.82, 2.24) is 15.1 Å². The van der Waals surface area contributed by atoms with Gasteiger partial charge in [0.1, 0.15) is 5.75 Å². The minimum absolute atomic E-state index is 0.00669. The normalized spacial score (nSPS) is 15.7. The maximum atomic E-state index is 12.2. The van der Waals surface area contributed by atoms with Gasteiger partial charge in [-0.3, -0.25) is 19.4 Å². The van der Waals surface area contributed by atoms with Gasteiger partial charge >= 0.3 is 5.97 Å². The molecule has 2 N–H and O–H groups in total. The lowest BCUT2D eigenvalue weighted by molar-refractivity contribution is -0.138. The van der Waals surface area contributed by atoms with Crippen LogP contribution in [0.2, 0.25) is 0 Å². The van der Waals surface area contributed by atoms with Crippen molar-refractivity contribution in [1.29, 1.82) is 0 Å². The number of ether oxygens (including phenoxy) is 1. The summed E-state index contributed by atoms with van der Waals surface area (Å²) in [7, 11) is 1.85. The highest BCUT2D eigenvalue weighted by molar-refractivity contribution is 5.78. The first-order valence-electron chi connectivity index (χ1n) is 9.60. The van der Waals surface area contributed by atoms with Crippen molar-refractivity contribution in [2.24, 2.45) is 0 Å². The Hall–Kier alpha value is -2.12. The first-order valence-corrected chi connectivity index (χ1v) is 9.60. The fourth-order valence-corrected chi connectivity index (χ4v) is 3.29. The molecule has 1 heterocycles. The van der Waals surface area contributed by atoms with Gasteiger partial charge in [-0.2, -0.15) is 0 Å². The number of carboxylic acids is 1. The van der Waals surface area contributed by atoms with Gasteiger partial charge in [-0.1, -0.05) is 19.1 Å². The molecule has 27 heavy (non-hydrogen) atoms.